The molecule has 0 radical (unpaired) electrons. The zero-order chi connectivity index (χ0) is 33.7. The van der Waals surface area contributed by atoms with Crippen LogP contribution in [0.3, 0.4) is 0 Å². The van der Waals surface area contributed by atoms with Crippen molar-refractivity contribution >= 4 is 41.4 Å². The molecule has 16 heteroatoms. The molecule has 6 amide bonds. The van der Waals surface area contributed by atoms with Crippen molar-refractivity contribution in [2.24, 2.45) is 17.4 Å². The average Bonchev–Trinajstić information content (AvgIpc) is 3.44. The third-order valence-corrected chi connectivity index (χ3v) is 7.29. The smallest absolute Gasteiger partial charge is 0.326 e. The highest BCUT2D eigenvalue weighted by molar-refractivity contribution is 5.97. The molecular formula is C28H50N8O8. The van der Waals surface area contributed by atoms with Gasteiger partial charge >= 0.3 is 5.97 Å². The Morgan fingerprint density at radius 3 is 1.84 bits per heavy atom. The Hall–Kier alpha value is -3.79. The van der Waals surface area contributed by atoms with Crippen LogP contribution >= 0.6 is 0 Å². The van der Waals surface area contributed by atoms with E-state index in [1.165, 1.54) is 32.6 Å². The maximum absolute atomic E-state index is 13.2. The SMILES string of the molecule is CC(C)[C@H](NC(=O)[C@@H]1CCCN1C(=O)[C@H](C)NC(=O)[C@H](C)N)C(=O)N[C@@H](C)C(=O)N[C@@H](C)C(=O)N[C@@H](CCCCN)C(=O)O. The van der Waals surface area contributed by atoms with Crippen molar-refractivity contribution in [1.29, 1.82) is 0 Å². The molecule has 250 valence electrons. The molecule has 0 unspecified atom stereocenters. The molecule has 44 heavy (non-hydrogen) atoms. The summed E-state index contributed by atoms with van der Waals surface area (Å²) in [5, 5.41) is 22.0. The molecule has 1 rings (SSSR count). The molecule has 1 heterocycles. The number of hydrogen-bond donors (Lipinski definition) is 8. The van der Waals surface area contributed by atoms with Gasteiger partial charge in [0.1, 0.15) is 36.3 Å². The lowest BCUT2D eigenvalue weighted by molar-refractivity contribution is -0.142. The summed E-state index contributed by atoms with van der Waals surface area (Å²) in [5.74, 6) is -5.13. The molecule has 16 nitrogen and oxygen atoms in total. The number of nitrogens with zero attached hydrogens (tertiary/aromatic N) is 1. The molecule has 0 spiro atoms. The quantitative estimate of drug-likeness (QED) is 0.0800. The third-order valence-electron chi connectivity index (χ3n) is 7.29. The summed E-state index contributed by atoms with van der Waals surface area (Å²) >= 11 is 0. The van der Waals surface area contributed by atoms with Gasteiger partial charge in [0.2, 0.25) is 35.4 Å². The maximum Gasteiger partial charge on any atom is 0.326 e. The van der Waals surface area contributed by atoms with E-state index in [0.717, 1.165) is 0 Å². The van der Waals surface area contributed by atoms with Crippen LogP contribution in [0.2, 0.25) is 0 Å². The number of likely N-dealkylation sites (tertiary alicyclic amines) is 1. The number of amides is 6. The Kier molecular flexibility index (Phi) is 15.7. The van der Waals surface area contributed by atoms with Gasteiger partial charge in [0.15, 0.2) is 0 Å². The molecule has 10 N–H and O–H groups in total. The molecule has 7 atom stereocenters. The van der Waals surface area contributed by atoms with E-state index < -0.39 is 83.7 Å². The largest absolute Gasteiger partial charge is 0.480 e. The molecule has 1 saturated heterocycles. The first kappa shape index (κ1) is 38.2. The van der Waals surface area contributed by atoms with Crippen molar-refractivity contribution in [3.63, 3.8) is 0 Å². The molecule has 0 aliphatic carbocycles. The van der Waals surface area contributed by atoms with Crippen molar-refractivity contribution in [3.8, 4) is 0 Å². The van der Waals surface area contributed by atoms with Gasteiger partial charge in [0, 0.05) is 6.54 Å². The summed E-state index contributed by atoms with van der Waals surface area (Å²) in [7, 11) is 0. The number of aliphatic carboxylic acids is 1. The lowest BCUT2D eigenvalue weighted by Gasteiger charge is -2.30. The fourth-order valence-corrected chi connectivity index (χ4v) is 4.56. The van der Waals surface area contributed by atoms with Gasteiger partial charge in [-0.3, -0.25) is 28.8 Å². The fourth-order valence-electron chi connectivity index (χ4n) is 4.56. The Bertz CT molecular complexity index is 1050. The molecule has 0 saturated carbocycles. The monoisotopic (exact) mass is 626 g/mol. The number of carboxylic acid groups (broad SMARTS) is 1. The number of carboxylic acids is 1. The van der Waals surface area contributed by atoms with E-state index in [9.17, 15) is 38.7 Å². The molecule has 1 fully saturated rings. The Morgan fingerprint density at radius 2 is 1.32 bits per heavy atom. The zero-order valence-corrected chi connectivity index (χ0v) is 26.5. The van der Waals surface area contributed by atoms with Crippen molar-refractivity contribution in [2.75, 3.05) is 13.1 Å². The van der Waals surface area contributed by atoms with Crippen LogP contribution in [0, 0.1) is 5.92 Å². The molecule has 0 aromatic heterocycles. The average molecular weight is 627 g/mol. The van der Waals surface area contributed by atoms with Crippen LogP contribution < -0.4 is 38.1 Å². The summed E-state index contributed by atoms with van der Waals surface area (Å²) in [6, 6.07) is -6.93. The number of rotatable bonds is 17. The Labute approximate surface area is 258 Å². The predicted octanol–water partition coefficient (Wildman–Crippen LogP) is -2.32. The summed E-state index contributed by atoms with van der Waals surface area (Å²) in [6.07, 6.45) is 2.22. The number of unbranched alkanes of at least 4 members (excludes halogenated alkanes) is 1. The summed E-state index contributed by atoms with van der Waals surface area (Å²) < 4.78 is 0. The van der Waals surface area contributed by atoms with Crippen LogP contribution in [-0.4, -0.2) is 107 Å². The van der Waals surface area contributed by atoms with Crippen LogP contribution in [0.25, 0.3) is 0 Å². The highest BCUT2D eigenvalue weighted by Crippen LogP contribution is 2.19. The molecular weight excluding hydrogens is 576 g/mol. The second kappa shape index (κ2) is 18.1. The minimum atomic E-state index is -1.20. The van der Waals surface area contributed by atoms with E-state index in [4.69, 9.17) is 11.5 Å². The predicted molar refractivity (Wildman–Crippen MR) is 160 cm³/mol. The lowest BCUT2D eigenvalue weighted by Crippen LogP contribution is -2.59. The van der Waals surface area contributed by atoms with Crippen LogP contribution in [-0.2, 0) is 33.6 Å². The number of carbonyl (C=O) groups excluding carboxylic acids is 6. The molecule has 0 aromatic carbocycles. The van der Waals surface area contributed by atoms with Gasteiger partial charge in [-0.1, -0.05) is 13.8 Å². The molecule has 0 bridgehead atoms. The van der Waals surface area contributed by atoms with Gasteiger partial charge in [-0.05, 0) is 72.3 Å². The first-order chi connectivity index (χ1) is 20.5. The molecule has 1 aliphatic heterocycles. The summed E-state index contributed by atoms with van der Waals surface area (Å²) in [5.41, 5.74) is 11.0. The number of carbonyl (C=O) groups is 7. The number of nitrogens with one attached hydrogen (secondary N) is 5. The van der Waals surface area contributed by atoms with Crippen LogP contribution in [0.1, 0.15) is 73.6 Å². The lowest BCUT2D eigenvalue weighted by atomic mass is 10.0. The maximum atomic E-state index is 13.2. The van der Waals surface area contributed by atoms with Gasteiger partial charge < -0.3 is 48.1 Å². The molecule has 0 aromatic rings. The van der Waals surface area contributed by atoms with Gasteiger partial charge in [-0.15, -0.1) is 0 Å². The summed E-state index contributed by atoms with van der Waals surface area (Å²) in [4.78, 5) is 89.4. The normalized spacial score (nSPS) is 18.7. The fraction of sp³-hybridized carbons (Fsp3) is 0.750. The second-order valence-electron chi connectivity index (χ2n) is 11.6. The number of nitrogens with two attached hydrogens (primary N) is 2. The van der Waals surface area contributed by atoms with Crippen molar-refractivity contribution in [1.82, 2.24) is 31.5 Å². The first-order valence-corrected chi connectivity index (χ1v) is 15.0. The Balaban J connectivity index is 2.78. The highest BCUT2D eigenvalue weighted by atomic mass is 16.4. The van der Waals surface area contributed by atoms with E-state index in [1.54, 1.807) is 13.8 Å². The van der Waals surface area contributed by atoms with Crippen LogP contribution in [0.5, 0.6) is 0 Å². The standard InChI is InChI=1S/C28H50N8O8/c1-14(2)21(35-25(40)20-11-9-13-36(20)27(42)18(6)33-22(37)15(3)30)26(41)32-16(4)23(38)31-17(5)24(39)34-19(28(43)44)10-7-8-12-29/h14-21H,7-13,29-30H2,1-6H3,(H,31,38)(H,32,41)(H,33,37)(H,34,39)(H,35,40)(H,43,44)/t15-,16-,17-,18-,19-,20-,21-/m0/s1. The Morgan fingerprint density at radius 1 is 0.773 bits per heavy atom. The van der Waals surface area contributed by atoms with E-state index in [2.05, 4.69) is 26.6 Å². The zero-order valence-electron chi connectivity index (χ0n) is 26.5. The van der Waals surface area contributed by atoms with E-state index in [1.807, 2.05) is 0 Å². The van der Waals surface area contributed by atoms with Gasteiger partial charge in [0.25, 0.3) is 0 Å². The third kappa shape index (κ3) is 11.7. The highest BCUT2D eigenvalue weighted by Gasteiger charge is 2.38. The second-order valence-corrected chi connectivity index (χ2v) is 11.6. The van der Waals surface area contributed by atoms with E-state index in [-0.39, 0.29) is 12.3 Å². The topological polar surface area (TPSA) is 255 Å². The first-order valence-electron chi connectivity index (χ1n) is 15.0. The minimum absolute atomic E-state index is 0.184. The van der Waals surface area contributed by atoms with Gasteiger partial charge in [-0.25, -0.2) is 4.79 Å². The van der Waals surface area contributed by atoms with Gasteiger partial charge in [0.05, 0.1) is 6.04 Å². The van der Waals surface area contributed by atoms with Crippen molar-refractivity contribution in [2.45, 2.75) is 116 Å². The van der Waals surface area contributed by atoms with Crippen LogP contribution in [0.15, 0.2) is 0 Å². The number of hydrogen-bond acceptors (Lipinski definition) is 9. The van der Waals surface area contributed by atoms with E-state index >= 15 is 0 Å². The van der Waals surface area contributed by atoms with Gasteiger partial charge in [-0.2, -0.15) is 0 Å². The minimum Gasteiger partial charge on any atom is -0.480 e. The van der Waals surface area contributed by atoms with Crippen molar-refractivity contribution in [3.05, 3.63) is 0 Å². The van der Waals surface area contributed by atoms with Crippen LogP contribution in [0.4, 0.5) is 0 Å². The molecule has 1 aliphatic rings. The summed E-state index contributed by atoms with van der Waals surface area (Å²) in [6.45, 7) is 9.89. The van der Waals surface area contributed by atoms with Crippen molar-refractivity contribution < 1.29 is 38.7 Å². The van der Waals surface area contributed by atoms with E-state index in [0.29, 0.717) is 38.8 Å².